The summed E-state index contributed by atoms with van der Waals surface area (Å²) in [6, 6.07) is 1.92. The molecular formula is C12H19N3O. The van der Waals surface area contributed by atoms with Gasteiger partial charge in [0.25, 0.3) is 0 Å². The van der Waals surface area contributed by atoms with Gasteiger partial charge in [-0.1, -0.05) is 0 Å². The molecule has 4 nitrogen and oxygen atoms in total. The van der Waals surface area contributed by atoms with Crippen molar-refractivity contribution >= 4 is 11.5 Å². The lowest BCUT2D eigenvalue weighted by Gasteiger charge is -2.19. The van der Waals surface area contributed by atoms with Crippen LogP contribution in [0.3, 0.4) is 0 Å². The molecule has 1 aliphatic heterocycles. The van der Waals surface area contributed by atoms with Gasteiger partial charge in [-0.25, -0.2) is 4.98 Å². The SMILES string of the molecule is Cc1cnc(N2CCC(C(C)O)C2)cc1N. The van der Waals surface area contributed by atoms with Gasteiger partial charge in [0.1, 0.15) is 5.82 Å². The topological polar surface area (TPSA) is 62.4 Å². The van der Waals surface area contributed by atoms with Crippen LogP contribution in [-0.4, -0.2) is 29.3 Å². The molecule has 1 aromatic heterocycles. The van der Waals surface area contributed by atoms with Crippen molar-refractivity contribution in [2.75, 3.05) is 23.7 Å². The van der Waals surface area contributed by atoms with E-state index in [-0.39, 0.29) is 6.10 Å². The predicted octanol–water partition coefficient (Wildman–Crippen LogP) is 1.18. The number of hydrogen-bond acceptors (Lipinski definition) is 4. The van der Waals surface area contributed by atoms with Crippen molar-refractivity contribution < 1.29 is 5.11 Å². The highest BCUT2D eigenvalue weighted by Gasteiger charge is 2.26. The van der Waals surface area contributed by atoms with Crippen LogP contribution in [0.2, 0.25) is 0 Å². The molecule has 0 amide bonds. The number of rotatable bonds is 2. The van der Waals surface area contributed by atoms with Crippen LogP contribution in [0.15, 0.2) is 12.3 Å². The normalized spacial score (nSPS) is 22.4. The molecule has 2 atom stereocenters. The van der Waals surface area contributed by atoms with E-state index in [0.717, 1.165) is 36.6 Å². The van der Waals surface area contributed by atoms with Crippen molar-refractivity contribution in [3.05, 3.63) is 17.8 Å². The molecule has 0 aliphatic carbocycles. The number of nitrogens with zero attached hydrogens (tertiary/aromatic N) is 2. The quantitative estimate of drug-likeness (QED) is 0.787. The van der Waals surface area contributed by atoms with Crippen LogP contribution in [0.1, 0.15) is 18.9 Å². The third-order valence-electron chi connectivity index (χ3n) is 3.36. The Labute approximate surface area is 96.1 Å². The van der Waals surface area contributed by atoms with Crippen molar-refractivity contribution in [3.63, 3.8) is 0 Å². The van der Waals surface area contributed by atoms with E-state index in [0.29, 0.717) is 5.92 Å². The summed E-state index contributed by atoms with van der Waals surface area (Å²) >= 11 is 0. The maximum absolute atomic E-state index is 9.54. The fraction of sp³-hybridized carbons (Fsp3) is 0.583. The molecule has 0 spiro atoms. The van der Waals surface area contributed by atoms with Gasteiger partial charge in [0.15, 0.2) is 0 Å². The molecular weight excluding hydrogens is 202 g/mol. The Kier molecular flexibility index (Phi) is 3.01. The maximum atomic E-state index is 9.54. The summed E-state index contributed by atoms with van der Waals surface area (Å²) in [5.74, 6) is 1.27. The highest BCUT2D eigenvalue weighted by Crippen LogP contribution is 2.26. The zero-order chi connectivity index (χ0) is 11.7. The standard InChI is InChI=1S/C12H19N3O/c1-8-6-14-12(5-11(8)13)15-4-3-10(7-15)9(2)16/h5-6,9-10,16H,3-4,7H2,1-2H3,(H2,13,14). The van der Waals surface area contributed by atoms with Crippen LogP contribution in [0.25, 0.3) is 0 Å². The van der Waals surface area contributed by atoms with Crippen LogP contribution in [0.5, 0.6) is 0 Å². The first-order valence-electron chi connectivity index (χ1n) is 5.73. The largest absolute Gasteiger partial charge is 0.398 e. The fourth-order valence-corrected chi connectivity index (χ4v) is 2.09. The smallest absolute Gasteiger partial charge is 0.130 e. The highest BCUT2D eigenvalue weighted by atomic mass is 16.3. The minimum absolute atomic E-state index is 0.243. The molecule has 2 rings (SSSR count). The molecule has 3 N–H and O–H groups in total. The van der Waals surface area contributed by atoms with E-state index in [9.17, 15) is 5.11 Å². The van der Waals surface area contributed by atoms with Crippen molar-refractivity contribution in [3.8, 4) is 0 Å². The first kappa shape index (κ1) is 11.2. The van der Waals surface area contributed by atoms with Gasteiger partial charge in [-0.15, -0.1) is 0 Å². The Balaban J connectivity index is 2.11. The van der Waals surface area contributed by atoms with Gasteiger partial charge in [0, 0.05) is 37.0 Å². The Morgan fingerprint density at radius 1 is 1.62 bits per heavy atom. The van der Waals surface area contributed by atoms with Gasteiger partial charge >= 0.3 is 0 Å². The molecule has 1 aromatic rings. The third-order valence-corrected chi connectivity index (χ3v) is 3.36. The summed E-state index contributed by atoms with van der Waals surface area (Å²) in [4.78, 5) is 6.57. The van der Waals surface area contributed by atoms with E-state index < -0.39 is 0 Å². The Bertz CT molecular complexity index is 379. The lowest BCUT2D eigenvalue weighted by Crippen LogP contribution is -2.24. The number of aliphatic hydroxyl groups excluding tert-OH is 1. The van der Waals surface area contributed by atoms with E-state index >= 15 is 0 Å². The summed E-state index contributed by atoms with van der Waals surface area (Å²) in [5, 5.41) is 9.54. The maximum Gasteiger partial charge on any atom is 0.130 e. The molecule has 16 heavy (non-hydrogen) atoms. The summed E-state index contributed by atoms with van der Waals surface area (Å²) in [5.41, 5.74) is 7.66. The molecule has 1 fully saturated rings. The van der Waals surface area contributed by atoms with Gasteiger partial charge in [-0.2, -0.15) is 0 Å². The molecule has 0 radical (unpaired) electrons. The monoisotopic (exact) mass is 221 g/mol. The molecule has 4 heteroatoms. The van der Waals surface area contributed by atoms with Crippen molar-refractivity contribution in [2.45, 2.75) is 26.4 Å². The first-order valence-corrected chi connectivity index (χ1v) is 5.73. The molecule has 1 aliphatic rings. The second-order valence-corrected chi connectivity index (χ2v) is 4.63. The molecule has 1 saturated heterocycles. The van der Waals surface area contributed by atoms with Crippen LogP contribution < -0.4 is 10.6 Å². The lowest BCUT2D eigenvalue weighted by atomic mass is 10.0. The van der Waals surface area contributed by atoms with Crippen molar-refractivity contribution in [2.24, 2.45) is 5.92 Å². The van der Waals surface area contributed by atoms with E-state index in [1.54, 1.807) is 6.20 Å². The molecule has 2 unspecified atom stereocenters. The minimum Gasteiger partial charge on any atom is -0.398 e. The van der Waals surface area contributed by atoms with Gasteiger partial charge in [0.05, 0.1) is 6.10 Å². The number of aryl methyl sites for hydroxylation is 1. The van der Waals surface area contributed by atoms with Gasteiger partial charge in [-0.3, -0.25) is 0 Å². The van der Waals surface area contributed by atoms with Crippen LogP contribution >= 0.6 is 0 Å². The molecule has 2 heterocycles. The second kappa shape index (κ2) is 4.29. The van der Waals surface area contributed by atoms with E-state index in [1.807, 2.05) is 19.9 Å². The molecule has 0 saturated carbocycles. The number of aliphatic hydroxyl groups is 1. The fourth-order valence-electron chi connectivity index (χ4n) is 2.09. The Morgan fingerprint density at radius 3 is 2.94 bits per heavy atom. The number of anilines is 2. The first-order chi connectivity index (χ1) is 7.58. The van der Waals surface area contributed by atoms with E-state index in [2.05, 4.69) is 9.88 Å². The number of aromatic nitrogens is 1. The summed E-state index contributed by atoms with van der Waals surface area (Å²) < 4.78 is 0. The summed E-state index contributed by atoms with van der Waals surface area (Å²) in [6.07, 6.45) is 2.58. The average Bonchev–Trinajstić information content (AvgIpc) is 2.71. The second-order valence-electron chi connectivity index (χ2n) is 4.63. The number of hydrogen-bond donors (Lipinski definition) is 2. The number of pyridine rings is 1. The van der Waals surface area contributed by atoms with Crippen molar-refractivity contribution in [1.82, 2.24) is 4.98 Å². The zero-order valence-corrected chi connectivity index (χ0v) is 9.85. The molecule has 0 aromatic carbocycles. The predicted molar refractivity (Wildman–Crippen MR) is 65.4 cm³/mol. The highest BCUT2D eigenvalue weighted by molar-refractivity contribution is 5.55. The average molecular weight is 221 g/mol. The van der Waals surface area contributed by atoms with Gasteiger partial charge in [-0.05, 0) is 25.8 Å². The molecule has 88 valence electrons. The van der Waals surface area contributed by atoms with Gasteiger partial charge < -0.3 is 15.7 Å². The minimum atomic E-state index is -0.243. The molecule has 0 bridgehead atoms. The number of nitrogens with two attached hydrogens (primary N) is 1. The van der Waals surface area contributed by atoms with E-state index in [4.69, 9.17) is 5.73 Å². The summed E-state index contributed by atoms with van der Waals surface area (Å²) in [7, 11) is 0. The lowest BCUT2D eigenvalue weighted by molar-refractivity contribution is 0.136. The third kappa shape index (κ3) is 2.11. The zero-order valence-electron chi connectivity index (χ0n) is 9.85. The van der Waals surface area contributed by atoms with Crippen LogP contribution in [-0.2, 0) is 0 Å². The van der Waals surface area contributed by atoms with Crippen molar-refractivity contribution in [1.29, 1.82) is 0 Å². The number of nitrogen functional groups attached to an aromatic ring is 1. The van der Waals surface area contributed by atoms with Gasteiger partial charge in [0.2, 0.25) is 0 Å². The summed E-state index contributed by atoms with van der Waals surface area (Å²) in [6.45, 7) is 5.62. The van der Waals surface area contributed by atoms with Crippen LogP contribution in [0, 0.1) is 12.8 Å². The Hall–Kier alpha value is -1.29. The van der Waals surface area contributed by atoms with Crippen LogP contribution in [0.4, 0.5) is 11.5 Å². The van der Waals surface area contributed by atoms with E-state index in [1.165, 1.54) is 0 Å². The Morgan fingerprint density at radius 2 is 2.38 bits per heavy atom.